The number of rotatable bonds is 3. The second kappa shape index (κ2) is 7.55. The second-order valence-corrected chi connectivity index (χ2v) is 2.88. The molecule has 82 valence electrons. The highest BCUT2D eigenvalue weighted by atomic mass is 17.2. The van der Waals surface area contributed by atoms with Crippen molar-refractivity contribution < 1.29 is 19.2 Å². The Morgan fingerprint density at radius 1 is 1.29 bits per heavy atom. The van der Waals surface area contributed by atoms with Gasteiger partial charge in [-0.1, -0.05) is 13.2 Å². The molecule has 0 amide bonds. The van der Waals surface area contributed by atoms with Crippen molar-refractivity contribution in [2.45, 2.75) is 26.6 Å². The van der Waals surface area contributed by atoms with E-state index in [1.165, 1.54) is 0 Å². The summed E-state index contributed by atoms with van der Waals surface area (Å²) >= 11 is 0. The van der Waals surface area contributed by atoms with Crippen LogP contribution in [-0.2, 0) is 19.2 Å². The zero-order chi connectivity index (χ0) is 11.0. The van der Waals surface area contributed by atoms with Crippen molar-refractivity contribution in [1.82, 2.24) is 0 Å². The summed E-state index contributed by atoms with van der Waals surface area (Å²) in [6, 6.07) is 0. The molecule has 1 atom stereocenters. The summed E-state index contributed by atoms with van der Waals surface area (Å²) in [7, 11) is 1.60. The van der Waals surface area contributed by atoms with E-state index in [9.17, 15) is 0 Å². The molecule has 1 unspecified atom stereocenters. The molecule has 0 aliphatic carbocycles. The van der Waals surface area contributed by atoms with Gasteiger partial charge in [-0.25, -0.2) is 9.78 Å². The first kappa shape index (κ1) is 13.2. The van der Waals surface area contributed by atoms with E-state index in [4.69, 9.17) is 9.47 Å². The second-order valence-electron chi connectivity index (χ2n) is 2.88. The van der Waals surface area contributed by atoms with Gasteiger partial charge in [0, 0.05) is 13.5 Å². The maximum Gasteiger partial charge on any atom is 0.193 e. The zero-order valence-electron chi connectivity index (χ0n) is 9.04. The minimum Gasteiger partial charge on any atom is -0.468 e. The molecule has 1 saturated heterocycles. The molecule has 0 aromatic heterocycles. The first-order valence-corrected chi connectivity index (χ1v) is 4.36. The molecule has 1 aliphatic rings. The van der Waals surface area contributed by atoms with Crippen LogP contribution in [0.15, 0.2) is 24.7 Å². The molecule has 0 aromatic carbocycles. The summed E-state index contributed by atoms with van der Waals surface area (Å²) < 4.78 is 9.62. The molecule has 0 bridgehead atoms. The van der Waals surface area contributed by atoms with Gasteiger partial charge in [0.05, 0.1) is 18.1 Å². The van der Waals surface area contributed by atoms with Gasteiger partial charge in [0.2, 0.25) is 0 Å². The standard InChI is InChI=1S/C6H10O.C4H8O3/c1-5(2)7-6(3)4;1-5-4-2-3-6-7-4/h1,3H2,2,4H3;4H,2-3H2,1H3. The van der Waals surface area contributed by atoms with Crippen molar-refractivity contribution in [3.63, 3.8) is 0 Å². The Hall–Kier alpha value is -0.840. The van der Waals surface area contributed by atoms with Crippen LogP contribution in [0.2, 0.25) is 0 Å². The average Bonchev–Trinajstić information content (AvgIpc) is 2.53. The van der Waals surface area contributed by atoms with E-state index < -0.39 is 0 Å². The van der Waals surface area contributed by atoms with Crippen LogP contribution in [0.5, 0.6) is 0 Å². The maximum atomic E-state index is 4.86. The van der Waals surface area contributed by atoms with Gasteiger partial charge in [0.25, 0.3) is 0 Å². The molecule has 14 heavy (non-hydrogen) atoms. The summed E-state index contributed by atoms with van der Waals surface area (Å²) in [4.78, 5) is 9.10. The highest BCUT2D eigenvalue weighted by molar-refractivity contribution is 4.85. The Bertz CT molecular complexity index is 171. The van der Waals surface area contributed by atoms with Gasteiger partial charge < -0.3 is 9.47 Å². The lowest BCUT2D eigenvalue weighted by Gasteiger charge is -1.99. The van der Waals surface area contributed by atoms with Crippen LogP contribution in [0.4, 0.5) is 0 Å². The van der Waals surface area contributed by atoms with Gasteiger partial charge in [0.1, 0.15) is 0 Å². The molecule has 0 N–H and O–H groups in total. The number of hydrogen-bond donors (Lipinski definition) is 0. The summed E-state index contributed by atoms with van der Waals surface area (Å²) in [6.45, 7) is 11.2. The normalized spacial score (nSPS) is 19.5. The minimum atomic E-state index is -0.125. The molecule has 0 aromatic rings. The van der Waals surface area contributed by atoms with Gasteiger partial charge in [-0.05, 0) is 13.8 Å². The Morgan fingerprint density at radius 3 is 2.00 bits per heavy atom. The maximum absolute atomic E-state index is 4.86. The fourth-order valence-electron chi connectivity index (χ4n) is 0.771. The van der Waals surface area contributed by atoms with Crippen molar-refractivity contribution in [3.8, 4) is 0 Å². The van der Waals surface area contributed by atoms with Crippen LogP contribution in [0.1, 0.15) is 20.3 Å². The lowest BCUT2D eigenvalue weighted by atomic mass is 10.5. The van der Waals surface area contributed by atoms with Gasteiger partial charge in [-0.2, -0.15) is 0 Å². The molecule has 0 spiro atoms. The van der Waals surface area contributed by atoms with Crippen molar-refractivity contribution in [1.29, 1.82) is 0 Å². The van der Waals surface area contributed by atoms with E-state index in [0.29, 0.717) is 18.1 Å². The molecular weight excluding hydrogens is 184 g/mol. The molecule has 0 radical (unpaired) electrons. The monoisotopic (exact) mass is 202 g/mol. The van der Waals surface area contributed by atoms with Crippen LogP contribution in [0, 0.1) is 0 Å². The van der Waals surface area contributed by atoms with Gasteiger partial charge in [-0.3, -0.25) is 0 Å². The molecule has 4 nitrogen and oxygen atoms in total. The molecule has 4 heteroatoms. The van der Waals surface area contributed by atoms with E-state index in [1.807, 2.05) is 0 Å². The molecular formula is C10H18O4. The third-order valence-electron chi connectivity index (χ3n) is 1.22. The van der Waals surface area contributed by atoms with Gasteiger partial charge >= 0.3 is 0 Å². The quantitative estimate of drug-likeness (QED) is 0.520. The summed E-state index contributed by atoms with van der Waals surface area (Å²) in [5.41, 5.74) is 0. The molecule has 0 saturated carbocycles. The minimum absolute atomic E-state index is 0.125. The highest BCUT2D eigenvalue weighted by Gasteiger charge is 2.14. The smallest absolute Gasteiger partial charge is 0.193 e. The first-order valence-electron chi connectivity index (χ1n) is 4.36. The van der Waals surface area contributed by atoms with E-state index in [2.05, 4.69) is 22.9 Å². The van der Waals surface area contributed by atoms with Gasteiger partial charge in [-0.15, -0.1) is 0 Å². The zero-order valence-corrected chi connectivity index (χ0v) is 9.04. The van der Waals surface area contributed by atoms with Crippen molar-refractivity contribution in [2.75, 3.05) is 13.7 Å². The van der Waals surface area contributed by atoms with Crippen LogP contribution in [0.3, 0.4) is 0 Å². The molecule has 1 heterocycles. The van der Waals surface area contributed by atoms with E-state index in [-0.39, 0.29) is 6.29 Å². The summed E-state index contributed by atoms with van der Waals surface area (Å²) in [6.07, 6.45) is 0.719. The Kier molecular flexibility index (Phi) is 7.10. The summed E-state index contributed by atoms with van der Waals surface area (Å²) in [5, 5.41) is 0. The molecule has 1 rings (SSSR count). The Labute approximate surface area is 85.0 Å². The van der Waals surface area contributed by atoms with Crippen LogP contribution >= 0.6 is 0 Å². The third-order valence-corrected chi connectivity index (χ3v) is 1.22. The first-order chi connectivity index (χ1) is 6.56. The third kappa shape index (κ3) is 7.79. The fraction of sp³-hybridized carbons (Fsp3) is 0.600. The van der Waals surface area contributed by atoms with Crippen LogP contribution < -0.4 is 0 Å². The van der Waals surface area contributed by atoms with E-state index in [0.717, 1.165) is 6.42 Å². The number of hydrogen-bond acceptors (Lipinski definition) is 4. The number of ether oxygens (including phenoxy) is 2. The largest absolute Gasteiger partial charge is 0.468 e. The molecule has 1 aliphatic heterocycles. The van der Waals surface area contributed by atoms with E-state index in [1.54, 1.807) is 21.0 Å². The average molecular weight is 202 g/mol. The topological polar surface area (TPSA) is 36.9 Å². The fourth-order valence-corrected chi connectivity index (χ4v) is 0.771. The number of allylic oxidation sites excluding steroid dienone is 2. The van der Waals surface area contributed by atoms with Crippen LogP contribution in [-0.4, -0.2) is 20.0 Å². The summed E-state index contributed by atoms with van der Waals surface area (Å²) in [5.74, 6) is 1.38. The van der Waals surface area contributed by atoms with Crippen molar-refractivity contribution in [3.05, 3.63) is 24.7 Å². The molecule has 1 fully saturated rings. The van der Waals surface area contributed by atoms with Crippen molar-refractivity contribution >= 4 is 0 Å². The van der Waals surface area contributed by atoms with E-state index >= 15 is 0 Å². The Balaban J connectivity index is 0.000000241. The van der Waals surface area contributed by atoms with Crippen LogP contribution in [0.25, 0.3) is 0 Å². The van der Waals surface area contributed by atoms with Crippen molar-refractivity contribution in [2.24, 2.45) is 0 Å². The number of methoxy groups -OCH3 is 1. The lowest BCUT2D eigenvalue weighted by Crippen LogP contribution is -2.05. The Morgan fingerprint density at radius 2 is 1.86 bits per heavy atom. The SMILES string of the molecule is C=C(C)OC(=C)C.COC1CCOO1. The van der Waals surface area contributed by atoms with Gasteiger partial charge in [0.15, 0.2) is 6.29 Å². The highest BCUT2D eigenvalue weighted by Crippen LogP contribution is 2.07. The predicted molar refractivity (Wildman–Crippen MR) is 53.2 cm³/mol. The predicted octanol–water partition coefficient (Wildman–Crippen LogP) is 2.38. The lowest BCUT2D eigenvalue weighted by molar-refractivity contribution is -0.322.